The van der Waals surface area contributed by atoms with E-state index in [9.17, 15) is 0 Å². The van der Waals surface area contributed by atoms with Gasteiger partial charge in [0.05, 0.1) is 0 Å². The Balaban J connectivity index is 1.58. The summed E-state index contributed by atoms with van der Waals surface area (Å²) in [6, 6.07) is 50.3. The van der Waals surface area contributed by atoms with Gasteiger partial charge < -0.3 is 17.7 Å². The minimum absolute atomic E-state index is 0.800. The molecule has 0 aliphatic carbocycles. The maximum Gasteiger partial charge on any atom is 0.495 e. The summed E-state index contributed by atoms with van der Waals surface area (Å²) in [4.78, 5) is 0. The summed E-state index contributed by atoms with van der Waals surface area (Å²) in [5.41, 5.74) is 0. The average Bonchev–Trinajstić information content (AvgIpc) is 3.03. The van der Waals surface area contributed by atoms with E-state index in [4.69, 9.17) is 17.7 Å². The van der Waals surface area contributed by atoms with Crippen LogP contribution < -0.4 is 28.1 Å². The summed E-state index contributed by atoms with van der Waals surface area (Å²) < 4.78 is 27.4. The maximum atomic E-state index is 6.86. The first kappa shape index (κ1) is 29.2. The zero-order valence-electron chi connectivity index (χ0n) is 24.3. The molecule has 0 atom stereocenters. The standard InChI is InChI=1S/C36H38O4Si2/c1-3-29-41(37-31-17-9-5-10-18-31,38-32-19-11-6-12-20-32)35-25-27-36(28-26-35)42(30-4-2,39-33-21-13-7-14-22-33)40-34-23-15-8-16-24-34/h5-28H,3-4,29-30H2,1-2H3. The van der Waals surface area contributed by atoms with Crippen molar-refractivity contribution in [2.45, 2.75) is 38.8 Å². The predicted molar refractivity (Wildman–Crippen MR) is 176 cm³/mol. The van der Waals surface area contributed by atoms with Crippen molar-refractivity contribution in [1.82, 2.24) is 0 Å². The molecule has 0 aliphatic heterocycles. The lowest BCUT2D eigenvalue weighted by molar-refractivity contribution is 0.394. The molecule has 6 heteroatoms. The third-order valence-corrected chi connectivity index (χ3v) is 14.0. The van der Waals surface area contributed by atoms with Crippen LogP contribution in [0.25, 0.3) is 0 Å². The SMILES string of the molecule is CCC[Si](Oc1ccccc1)(Oc1ccccc1)c1ccc([Si](CCC)(Oc2ccccc2)Oc2ccccc2)cc1. The zero-order chi connectivity index (χ0) is 29.1. The van der Waals surface area contributed by atoms with Crippen LogP contribution in [-0.2, 0) is 0 Å². The smallest absolute Gasteiger partial charge is 0.495 e. The molecule has 0 N–H and O–H groups in total. The monoisotopic (exact) mass is 590 g/mol. The Labute approximate surface area is 252 Å². The van der Waals surface area contributed by atoms with Crippen molar-refractivity contribution < 1.29 is 17.7 Å². The van der Waals surface area contributed by atoms with Gasteiger partial charge in [0.25, 0.3) is 0 Å². The van der Waals surface area contributed by atoms with Crippen LogP contribution in [0.15, 0.2) is 146 Å². The van der Waals surface area contributed by atoms with E-state index in [1.807, 2.05) is 121 Å². The summed E-state index contributed by atoms with van der Waals surface area (Å²) in [6.07, 6.45) is 1.85. The second-order valence-corrected chi connectivity index (χ2v) is 16.2. The van der Waals surface area contributed by atoms with E-state index in [1.54, 1.807) is 0 Å². The van der Waals surface area contributed by atoms with Crippen LogP contribution in [0.3, 0.4) is 0 Å². The molecule has 0 amide bonds. The van der Waals surface area contributed by atoms with E-state index in [0.29, 0.717) is 0 Å². The molecule has 5 rings (SSSR count). The van der Waals surface area contributed by atoms with Gasteiger partial charge in [-0.2, -0.15) is 0 Å². The molecule has 0 unspecified atom stereocenters. The van der Waals surface area contributed by atoms with Crippen molar-refractivity contribution in [1.29, 1.82) is 0 Å². The van der Waals surface area contributed by atoms with Crippen molar-refractivity contribution in [3.05, 3.63) is 146 Å². The quantitative estimate of drug-likeness (QED) is 0.122. The van der Waals surface area contributed by atoms with E-state index < -0.39 is 17.1 Å². The number of rotatable bonds is 14. The molecule has 5 aromatic rings. The third kappa shape index (κ3) is 7.13. The van der Waals surface area contributed by atoms with Gasteiger partial charge in [0.15, 0.2) is 0 Å². The predicted octanol–water partition coefficient (Wildman–Crippen LogP) is 8.12. The topological polar surface area (TPSA) is 36.9 Å². The van der Waals surface area contributed by atoms with E-state index in [2.05, 4.69) is 38.1 Å². The van der Waals surface area contributed by atoms with Crippen molar-refractivity contribution >= 4 is 27.5 Å². The largest absolute Gasteiger partial charge is 0.509 e. The van der Waals surface area contributed by atoms with Gasteiger partial charge in [-0.1, -0.05) is 124 Å². The van der Waals surface area contributed by atoms with Gasteiger partial charge in [0.1, 0.15) is 23.0 Å². The summed E-state index contributed by atoms with van der Waals surface area (Å²) in [5, 5.41) is 2.14. The molecule has 42 heavy (non-hydrogen) atoms. The van der Waals surface area contributed by atoms with Crippen LogP contribution in [-0.4, -0.2) is 17.1 Å². The van der Waals surface area contributed by atoms with Crippen molar-refractivity contribution in [3.8, 4) is 23.0 Å². The van der Waals surface area contributed by atoms with Crippen LogP contribution in [0.4, 0.5) is 0 Å². The van der Waals surface area contributed by atoms with E-state index in [-0.39, 0.29) is 0 Å². The minimum Gasteiger partial charge on any atom is -0.509 e. The van der Waals surface area contributed by atoms with Gasteiger partial charge in [-0.15, -0.1) is 0 Å². The Bertz CT molecular complexity index is 1280. The fourth-order valence-electron chi connectivity index (χ4n) is 5.12. The average molecular weight is 591 g/mol. The van der Waals surface area contributed by atoms with E-state index in [1.165, 1.54) is 0 Å². The Morgan fingerprint density at radius 3 is 0.810 bits per heavy atom. The number of benzene rings is 5. The van der Waals surface area contributed by atoms with Crippen LogP contribution >= 0.6 is 0 Å². The van der Waals surface area contributed by atoms with Gasteiger partial charge in [-0.05, 0) is 48.5 Å². The number of hydrogen-bond donors (Lipinski definition) is 0. The third-order valence-electron chi connectivity index (χ3n) is 7.03. The molecule has 0 saturated carbocycles. The van der Waals surface area contributed by atoms with Gasteiger partial charge in [0.2, 0.25) is 0 Å². The first-order chi connectivity index (χ1) is 20.6. The Morgan fingerprint density at radius 2 is 0.595 bits per heavy atom. The molecule has 5 aromatic carbocycles. The summed E-state index contributed by atoms with van der Waals surface area (Å²) in [6.45, 7) is 4.36. The highest BCUT2D eigenvalue weighted by Gasteiger charge is 2.47. The molecule has 214 valence electrons. The molecule has 0 bridgehead atoms. The molecule has 0 saturated heterocycles. The van der Waals surface area contributed by atoms with Crippen molar-refractivity contribution in [3.63, 3.8) is 0 Å². The molecular formula is C36H38O4Si2. The molecule has 0 radical (unpaired) electrons. The van der Waals surface area contributed by atoms with Gasteiger partial charge >= 0.3 is 17.1 Å². The van der Waals surface area contributed by atoms with Crippen LogP contribution in [0.1, 0.15) is 26.7 Å². The van der Waals surface area contributed by atoms with Gasteiger partial charge in [0, 0.05) is 22.5 Å². The molecule has 4 nitrogen and oxygen atoms in total. The maximum absolute atomic E-state index is 6.86. The van der Waals surface area contributed by atoms with E-state index in [0.717, 1.165) is 58.3 Å². The Morgan fingerprint density at radius 1 is 0.357 bits per heavy atom. The second-order valence-electron chi connectivity index (χ2n) is 10.2. The van der Waals surface area contributed by atoms with Crippen LogP contribution in [0.2, 0.25) is 12.1 Å². The highest BCUT2D eigenvalue weighted by Crippen LogP contribution is 2.27. The van der Waals surface area contributed by atoms with E-state index >= 15 is 0 Å². The number of hydrogen-bond acceptors (Lipinski definition) is 4. The van der Waals surface area contributed by atoms with Crippen molar-refractivity contribution in [2.24, 2.45) is 0 Å². The zero-order valence-corrected chi connectivity index (χ0v) is 26.3. The molecular weight excluding hydrogens is 553 g/mol. The number of para-hydroxylation sites is 4. The second kappa shape index (κ2) is 14.1. The highest BCUT2D eigenvalue weighted by atomic mass is 28.4. The fourth-order valence-corrected chi connectivity index (χ4v) is 11.4. The summed E-state index contributed by atoms with van der Waals surface area (Å²) >= 11 is 0. The normalized spacial score (nSPS) is 11.5. The minimum atomic E-state index is -2.97. The molecule has 0 spiro atoms. The molecule has 0 heterocycles. The van der Waals surface area contributed by atoms with Crippen LogP contribution in [0, 0.1) is 0 Å². The Kier molecular flexibility index (Phi) is 9.79. The molecule has 0 aromatic heterocycles. The first-order valence-corrected chi connectivity index (χ1v) is 18.8. The van der Waals surface area contributed by atoms with Crippen LogP contribution in [0.5, 0.6) is 23.0 Å². The lowest BCUT2D eigenvalue weighted by Gasteiger charge is -2.34. The molecule has 0 aliphatic rings. The highest BCUT2D eigenvalue weighted by molar-refractivity contribution is 6.84. The molecule has 0 fully saturated rings. The first-order valence-electron chi connectivity index (χ1n) is 14.7. The lowest BCUT2D eigenvalue weighted by atomic mass is 10.3. The lowest BCUT2D eigenvalue weighted by Crippen LogP contribution is -2.61. The van der Waals surface area contributed by atoms with Gasteiger partial charge in [-0.3, -0.25) is 0 Å². The summed E-state index contributed by atoms with van der Waals surface area (Å²) in [7, 11) is -5.94. The Hall–Kier alpha value is -4.27. The van der Waals surface area contributed by atoms with Gasteiger partial charge in [-0.25, -0.2) is 0 Å². The van der Waals surface area contributed by atoms with Crippen molar-refractivity contribution in [2.75, 3.05) is 0 Å². The summed E-state index contributed by atoms with van der Waals surface area (Å²) in [5.74, 6) is 3.25. The fraction of sp³-hybridized carbons (Fsp3) is 0.167.